The fourth-order valence-electron chi connectivity index (χ4n) is 2.08. The van der Waals surface area contributed by atoms with Crippen molar-refractivity contribution in [2.75, 3.05) is 18.5 Å². The van der Waals surface area contributed by atoms with Crippen molar-refractivity contribution in [3.63, 3.8) is 0 Å². The Morgan fingerprint density at radius 1 is 1.53 bits per heavy atom. The number of benzene rings is 1. The lowest BCUT2D eigenvalue weighted by Crippen LogP contribution is -2.50. The molecule has 1 fully saturated rings. The number of anilines is 1. The number of hydrogen-bond acceptors (Lipinski definition) is 2. The van der Waals surface area contributed by atoms with Crippen LogP contribution in [0.3, 0.4) is 0 Å². The zero-order valence-corrected chi connectivity index (χ0v) is 10.3. The van der Waals surface area contributed by atoms with Crippen molar-refractivity contribution in [2.45, 2.75) is 18.9 Å². The minimum absolute atomic E-state index is 0.0834. The molecule has 0 aliphatic carbocycles. The van der Waals surface area contributed by atoms with Gasteiger partial charge in [-0.2, -0.15) is 0 Å². The first-order valence-electron chi connectivity index (χ1n) is 5.57. The van der Waals surface area contributed by atoms with E-state index in [1.54, 1.807) is 19.2 Å². The second-order valence-electron chi connectivity index (χ2n) is 4.07. The van der Waals surface area contributed by atoms with Gasteiger partial charge in [0.2, 0.25) is 5.91 Å². The average Bonchev–Trinajstić information content (AvgIpc) is 2.30. The second kappa shape index (κ2) is 5.02. The zero-order valence-electron chi connectivity index (χ0n) is 9.54. The number of hydrogen-bond donors (Lipinski definition) is 1. The summed E-state index contributed by atoms with van der Waals surface area (Å²) in [6.07, 6.45) is 1.65. The van der Waals surface area contributed by atoms with Crippen LogP contribution in [0.25, 0.3) is 0 Å². The van der Waals surface area contributed by atoms with E-state index in [-0.39, 0.29) is 11.9 Å². The first kappa shape index (κ1) is 12.3. The molecule has 2 rings (SSSR count). The largest absolute Gasteiger partial charge is 0.309 e. The molecule has 1 N–H and O–H groups in total. The van der Waals surface area contributed by atoms with Crippen LogP contribution in [0.4, 0.5) is 10.1 Å². The second-order valence-corrected chi connectivity index (χ2v) is 4.51. The maximum atomic E-state index is 13.7. The third-order valence-corrected chi connectivity index (χ3v) is 3.22. The SMILES string of the molecule is CNC1CCCN(c2ccc(Cl)cc2F)C1=O. The average molecular weight is 257 g/mol. The summed E-state index contributed by atoms with van der Waals surface area (Å²) in [6.45, 7) is 0.551. The fourth-order valence-corrected chi connectivity index (χ4v) is 2.24. The van der Waals surface area contributed by atoms with E-state index in [1.807, 2.05) is 0 Å². The highest BCUT2D eigenvalue weighted by Gasteiger charge is 2.29. The van der Waals surface area contributed by atoms with E-state index in [9.17, 15) is 9.18 Å². The molecular formula is C12H14ClFN2O. The maximum absolute atomic E-state index is 13.7. The summed E-state index contributed by atoms with van der Waals surface area (Å²) in [7, 11) is 1.74. The van der Waals surface area contributed by atoms with Gasteiger partial charge in [-0.25, -0.2) is 4.39 Å². The quantitative estimate of drug-likeness (QED) is 0.880. The summed E-state index contributed by atoms with van der Waals surface area (Å²) >= 11 is 5.69. The van der Waals surface area contributed by atoms with E-state index in [1.165, 1.54) is 11.0 Å². The predicted octanol–water partition coefficient (Wildman–Crippen LogP) is 2.19. The molecule has 5 heteroatoms. The van der Waals surface area contributed by atoms with Gasteiger partial charge >= 0.3 is 0 Å². The number of halogens is 2. The van der Waals surface area contributed by atoms with Crippen LogP contribution in [0.5, 0.6) is 0 Å². The monoisotopic (exact) mass is 256 g/mol. The maximum Gasteiger partial charge on any atom is 0.244 e. The molecular weight excluding hydrogens is 243 g/mol. The zero-order chi connectivity index (χ0) is 12.4. The van der Waals surface area contributed by atoms with Gasteiger partial charge in [-0.3, -0.25) is 4.79 Å². The van der Waals surface area contributed by atoms with Crippen LogP contribution >= 0.6 is 11.6 Å². The van der Waals surface area contributed by atoms with Crippen molar-refractivity contribution in [3.05, 3.63) is 29.0 Å². The van der Waals surface area contributed by atoms with Crippen molar-refractivity contribution < 1.29 is 9.18 Å². The Morgan fingerprint density at radius 3 is 2.94 bits per heavy atom. The Morgan fingerprint density at radius 2 is 2.29 bits per heavy atom. The third-order valence-electron chi connectivity index (χ3n) is 2.99. The van der Waals surface area contributed by atoms with Crippen LogP contribution in [0.15, 0.2) is 18.2 Å². The minimum atomic E-state index is -0.456. The Bertz CT molecular complexity index is 439. The van der Waals surface area contributed by atoms with Crippen LogP contribution in [-0.4, -0.2) is 25.5 Å². The Labute approximate surface area is 105 Å². The molecule has 92 valence electrons. The van der Waals surface area contributed by atoms with E-state index in [0.29, 0.717) is 17.3 Å². The molecule has 3 nitrogen and oxygen atoms in total. The minimum Gasteiger partial charge on any atom is -0.309 e. The van der Waals surface area contributed by atoms with Crippen molar-refractivity contribution in [1.29, 1.82) is 0 Å². The number of amides is 1. The smallest absolute Gasteiger partial charge is 0.244 e. The highest BCUT2D eigenvalue weighted by molar-refractivity contribution is 6.30. The molecule has 1 aromatic rings. The van der Waals surface area contributed by atoms with Crippen molar-refractivity contribution in [3.8, 4) is 0 Å². The van der Waals surface area contributed by atoms with Gasteiger partial charge in [0.25, 0.3) is 0 Å². The molecule has 1 atom stereocenters. The fraction of sp³-hybridized carbons (Fsp3) is 0.417. The normalized spacial score (nSPS) is 20.8. The van der Waals surface area contributed by atoms with E-state index < -0.39 is 5.82 Å². The molecule has 0 spiro atoms. The number of carbonyl (C=O) groups excluding carboxylic acids is 1. The summed E-state index contributed by atoms with van der Waals surface area (Å²) in [6, 6.07) is 4.15. The van der Waals surface area contributed by atoms with Crippen molar-refractivity contribution >= 4 is 23.2 Å². The Kier molecular flexibility index (Phi) is 3.64. The number of likely N-dealkylation sites (N-methyl/N-ethyl adjacent to an activating group) is 1. The molecule has 1 unspecified atom stereocenters. The topological polar surface area (TPSA) is 32.3 Å². The van der Waals surface area contributed by atoms with Crippen LogP contribution in [0, 0.1) is 5.82 Å². The summed E-state index contributed by atoms with van der Waals surface area (Å²) in [5, 5.41) is 3.28. The van der Waals surface area contributed by atoms with Gasteiger partial charge in [0.05, 0.1) is 11.7 Å². The molecule has 0 aromatic heterocycles. The lowest BCUT2D eigenvalue weighted by molar-refractivity contribution is -0.121. The Balaban J connectivity index is 2.29. The molecule has 1 aromatic carbocycles. The molecule has 1 aliphatic rings. The number of piperidine rings is 1. The van der Waals surface area contributed by atoms with E-state index in [0.717, 1.165) is 12.8 Å². The lowest BCUT2D eigenvalue weighted by atomic mass is 10.0. The van der Waals surface area contributed by atoms with Gasteiger partial charge in [-0.1, -0.05) is 11.6 Å². The number of nitrogens with zero attached hydrogens (tertiary/aromatic N) is 1. The highest BCUT2D eigenvalue weighted by Crippen LogP contribution is 2.26. The number of carbonyl (C=O) groups is 1. The molecule has 0 bridgehead atoms. The van der Waals surface area contributed by atoms with Crippen molar-refractivity contribution in [1.82, 2.24) is 5.32 Å². The molecule has 1 saturated heterocycles. The van der Waals surface area contributed by atoms with Gasteiger partial charge < -0.3 is 10.2 Å². The van der Waals surface area contributed by atoms with Crippen LogP contribution in [-0.2, 0) is 4.79 Å². The van der Waals surface area contributed by atoms with Gasteiger partial charge in [0.1, 0.15) is 5.82 Å². The van der Waals surface area contributed by atoms with Crippen molar-refractivity contribution in [2.24, 2.45) is 0 Å². The molecule has 0 saturated carbocycles. The lowest BCUT2D eigenvalue weighted by Gasteiger charge is -2.32. The van der Waals surface area contributed by atoms with E-state index in [2.05, 4.69) is 5.32 Å². The standard InChI is InChI=1S/C12H14ClFN2O/c1-15-10-3-2-6-16(12(10)17)11-5-4-8(13)7-9(11)14/h4-5,7,10,15H,2-3,6H2,1H3. The van der Waals surface area contributed by atoms with Gasteiger partial charge in [0, 0.05) is 11.6 Å². The molecule has 17 heavy (non-hydrogen) atoms. The highest BCUT2D eigenvalue weighted by atomic mass is 35.5. The summed E-state index contributed by atoms with van der Waals surface area (Å²) in [5.41, 5.74) is 0.305. The van der Waals surface area contributed by atoms with Crippen LogP contribution < -0.4 is 10.2 Å². The predicted molar refractivity (Wildman–Crippen MR) is 65.8 cm³/mol. The molecule has 1 heterocycles. The molecule has 0 radical (unpaired) electrons. The van der Waals surface area contributed by atoms with E-state index in [4.69, 9.17) is 11.6 Å². The number of rotatable bonds is 2. The summed E-state index contributed by atoms with van der Waals surface area (Å²) < 4.78 is 13.7. The van der Waals surface area contributed by atoms with Gasteiger partial charge in [-0.15, -0.1) is 0 Å². The van der Waals surface area contributed by atoms with Crippen LogP contribution in [0.2, 0.25) is 5.02 Å². The van der Waals surface area contributed by atoms with Crippen LogP contribution in [0.1, 0.15) is 12.8 Å². The van der Waals surface area contributed by atoms with Gasteiger partial charge in [0.15, 0.2) is 0 Å². The molecule has 1 aliphatic heterocycles. The van der Waals surface area contributed by atoms with Gasteiger partial charge in [-0.05, 0) is 38.1 Å². The van der Waals surface area contributed by atoms with E-state index >= 15 is 0 Å². The third kappa shape index (κ3) is 2.42. The first-order chi connectivity index (χ1) is 8.13. The molecule has 1 amide bonds. The first-order valence-corrected chi connectivity index (χ1v) is 5.95. The Hall–Kier alpha value is -1.13. The summed E-state index contributed by atoms with van der Waals surface area (Å²) in [4.78, 5) is 13.5. The summed E-state index contributed by atoms with van der Waals surface area (Å²) in [5.74, 6) is -0.539. The number of nitrogens with one attached hydrogen (secondary N) is 1.